The maximum atomic E-state index is 4.69. The van der Waals surface area contributed by atoms with E-state index < -0.39 is 0 Å². The average molecular weight is 248 g/mol. The minimum Gasteiger partial charge on any atom is -0.370 e. The van der Waals surface area contributed by atoms with Crippen molar-refractivity contribution in [2.24, 2.45) is 0 Å². The summed E-state index contributed by atoms with van der Waals surface area (Å²) < 4.78 is 0. The second kappa shape index (κ2) is 6.03. The molecule has 1 aromatic rings. The van der Waals surface area contributed by atoms with Crippen LogP contribution in [0.1, 0.15) is 43.9 Å². The van der Waals surface area contributed by atoms with Crippen LogP contribution in [-0.4, -0.2) is 29.6 Å². The Bertz CT molecular complexity index is 395. The molecule has 1 saturated heterocycles. The molecule has 0 unspecified atom stereocenters. The van der Waals surface area contributed by atoms with E-state index >= 15 is 0 Å². The first-order valence-corrected chi connectivity index (χ1v) is 7.06. The summed E-state index contributed by atoms with van der Waals surface area (Å²) in [6, 6.07) is 0. The van der Waals surface area contributed by atoms with Crippen LogP contribution in [0.2, 0.25) is 0 Å². The minimum absolute atomic E-state index is 0.899. The summed E-state index contributed by atoms with van der Waals surface area (Å²) in [5.74, 6) is 1.89. The topological polar surface area (TPSA) is 41.1 Å². The second-order valence-corrected chi connectivity index (χ2v) is 5.01. The minimum atomic E-state index is 0.899. The summed E-state index contributed by atoms with van der Waals surface area (Å²) in [6.45, 7) is 9.33. The zero-order valence-corrected chi connectivity index (χ0v) is 11.8. The third-order valence-electron chi connectivity index (χ3n) is 3.61. The molecule has 0 bridgehead atoms. The highest BCUT2D eigenvalue weighted by Crippen LogP contribution is 2.21. The molecule has 1 aliphatic rings. The fourth-order valence-electron chi connectivity index (χ4n) is 2.37. The number of aryl methyl sites for hydroxylation is 1. The molecule has 0 aliphatic carbocycles. The maximum Gasteiger partial charge on any atom is 0.227 e. The van der Waals surface area contributed by atoms with Gasteiger partial charge in [0.2, 0.25) is 5.95 Å². The van der Waals surface area contributed by atoms with E-state index in [0.29, 0.717) is 0 Å². The summed E-state index contributed by atoms with van der Waals surface area (Å²) >= 11 is 0. The Morgan fingerprint density at radius 1 is 1.06 bits per heavy atom. The van der Waals surface area contributed by atoms with Crippen molar-refractivity contribution in [3.8, 4) is 0 Å². The fourth-order valence-corrected chi connectivity index (χ4v) is 2.37. The molecule has 0 aromatic carbocycles. The van der Waals surface area contributed by atoms with Crippen LogP contribution in [0.15, 0.2) is 0 Å². The summed E-state index contributed by atoms with van der Waals surface area (Å²) in [7, 11) is 0. The van der Waals surface area contributed by atoms with Crippen molar-refractivity contribution in [1.29, 1.82) is 0 Å². The summed E-state index contributed by atoms with van der Waals surface area (Å²) in [4.78, 5) is 11.7. The maximum absolute atomic E-state index is 4.69. The van der Waals surface area contributed by atoms with Gasteiger partial charge in [-0.3, -0.25) is 0 Å². The van der Waals surface area contributed by atoms with Gasteiger partial charge >= 0.3 is 0 Å². The molecule has 0 amide bonds. The number of nitrogens with one attached hydrogen (secondary N) is 1. The molecule has 0 radical (unpaired) electrons. The number of rotatable bonds is 3. The SMILES string of the molecule is CCNc1nc(N2CCCCCC2)nc(C)c1C. The standard InChI is InChI=1S/C14H24N4/c1-4-15-13-11(2)12(3)16-14(17-13)18-9-7-5-6-8-10-18/h4-10H2,1-3H3,(H,15,16,17). The summed E-state index contributed by atoms with van der Waals surface area (Å²) in [5.41, 5.74) is 2.25. The van der Waals surface area contributed by atoms with E-state index in [0.717, 1.165) is 42.7 Å². The van der Waals surface area contributed by atoms with Gasteiger partial charge in [-0.05, 0) is 33.6 Å². The molecule has 1 N–H and O–H groups in total. The highest BCUT2D eigenvalue weighted by molar-refractivity contribution is 5.50. The number of nitrogens with zero attached hydrogens (tertiary/aromatic N) is 3. The molecule has 0 saturated carbocycles. The smallest absolute Gasteiger partial charge is 0.227 e. The Morgan fingerprint density at radius 2 is 1.72 bits per heavy atom. The van der Waals surface area contributed by atoms with Crippen molar-refractivity contribution in [3.05, 3.63) is 11.3 Å². The molecule has 100 valence electrons. The molecule has 1 aliphatic heterocycles. The molecular formula is C14H24N4. The number of aromatic nitrogens is 2. The Morgan fingerprint density at radius 3 is 2.33 bits per heavy atom. The van der Waals surface area contributed by atoms with Crippen LogP contribution >= 0.6 is 0 Å². The van der Waals surface area contributed by atoms with Gasteiger partial charge in [-0.25, -0.2) is 4.98 Å². The van der Waals surface area contributed by atoms with Crippen LogP contribution in [0, 0.1) is 13.8 Å². The van der Waals surface area contributed by atoms with E-state index in [-0.39, 0.29) is 0 Å². The van der Waals surface area contributed by atoms with Gasteiger partial charge < -0.3 is 10.2 Å². The van der Waals surface area contributed by atoms with E-state index in [1.807, 2.05) is 0 Å². The molecule has 0 spiro atoms. The molecule has 2 heterocycles. The molecule has 4 heteroatoms. The van der Waals surface area contributed by atoms with Crippen LogP contribution in [0.3, 0.4) is 0 Å². The lowest BCUT2D eigenvalue weighted by atomic mass is 10.2. The Kier molecular flexibility index (Phi) is 4.39. The first kappa shape index (κ1) is 13.1. The van der Waals surface area contributed by atoms with E-state index in [2.05, 4.69) is 36.0 Å². The Hall–Kier alpha value is -1.32. The van der Waals surface area contributed by atoms with Crippen molar-refractivity contribution in [2.45, 2.75) is 46.5 Å². The third-order valence-corrected chi connectivity index (χ3v) is 3.61. The van der Waals surface area contributed by atoms with Crippen molar-refractivity contribution in [2.75, 3.05) is 29.9 Å². The largest absolute Gasteiger partial charge is 0.370 e. The number of hydrogen-bond donors (Lipinski definition) is 1. The van der Waals surface area contributed by atoms with Crippen LogP contribution in [0.5, 0.6) is 0 Å². The first-order chi connectivity index (χ1) is 8.72. The van der Waals surface area contributed by atoms with Crippen LogP contribution < -0.4 is 10.2 Å². The van der Waals surface area contributed by atoms with Crippen LogP contribution in [0.25, 0.3) is 0 Å². The van der Waals surface area contributed by atoms with E-state index in [1.165, 1.54) is 25.7 Å². The zero-order chi connectivity index (χ0) is 13.0. The molecule has 1 aromatic heterocycles. The molecule has 2 rings (SSSR count). The van der Waals surface area contributed by atoms with Gasteiger partial charge in [0, 0.05) is 30.9 Å². The molecule has 0 atom stereocenters. The van der Waals surface area contributed by atoms with Crippen LogP contribution in [0.4, 0.5) is 11.8 Å². The monoisotopic (exact) mass is 248 g/mol. The predicted molar refractivity (Wildman–Crippen MR) is 76.4 cm³/mol. The fraction of sp³-hybridized carbons (Fsp3) is 0.714. The van der Waals surface area contributed by atoms with Crippen molar-refractivity contribution in [1.82, 2.24) is 9.97 Å². The lowest BCUT2D eigenvalue weighted by Gasteiger charge is -2.22. The lowest BCUT2D eigenvalue weighted by Crippen LogP contribution is -2.26. The second-order valence-electron chi connectivity index (χ2n) is 5.01. The van der Waals surface area contributed by atoms with Gasteiger partial charge in [0.05, 0.1) is 0 Å². The van der Waals surface area contributed by atoms with Gasteiger partial charge in [-0.15, -0.1) is 0 Å². The molecular weight excluding hydrogens is 224 g/mol. The van der Waals surface area contributed by atoms with E-state index in [1.54, 1.807) is 0 Å². The Balaban J connectivity index is 2.26. The predicted octanol–water partition coefficient (Wildman–Crippen LogP) is 2.91. The quantitative estimate of drug-likeness (QED) is 0.893. The number of hydrogen-bond acceptors (Lipinski definition) is 4. The molecule has 4 nitrogen and oxygen atoms in total. The summed E-state index contributed by atoms with van der Waals surface area (Å²) in [5, 5.41) is 3.33. The highest BCUT2D eigenvalue weighted by atomic mass is 15.3. The van der Waals surface area contributed by atoms with Crippen molar-refractivity contribution in [3.63, 3.8) is 0 Å². The average Bonchev–Trinajstić information content (AvgIpc) is 2.63. The first-order valence-electron chi connectivity index (χ1n) is 7.06. The number of anilines is 2. The van der Waals surface area contributed by atoms with Crippen molar-refractivity contribution >= 4 is 11.8 Å². The zero-order valence-electron chi connectivity index (χ0n) is 11.8. The van der Waals surface area contributed by atoms with Crippen LogP contribution in [-0.2, 0) is 0 Å². The lowest BCUT2D eigenvalue weighted by molar-refractivity contribution is 0.726. The van der Waals surface area contributed by atoms with Gasteiger partial charge in [-0.2, -0.15) is 4.98 Å². The highest BCUT2D eigenvalue weighted by Gasteiger charge is 2.15. The van der Waals surface area contributed by atoms with Gasteiger partial charge in [-0.1, -0.05) is 12.8 Å². The normalized spacial score (nSPS) is 16.5. The Labute approximate surface area is 110 Å². The third kappa shape index (κ3) is 2.92. The summed E-state index contributed by atoms with van der Waals surface area (Å²) in [6.07, 6.45) is 5.18. The van der Waals surface area contributed by atoms with E-state index in [9.17, 15) is 0 Å². The van der Waals surface area contributed by atoms with Gasteiger partial charge in [0.1, 0.15) is 5.82 Å². The van der Waals surface area contributed by atoms with E-state index in [4.69, 9.17) is 4.98 Å². The van der Waals surface area contributed by atoms with Gasteiger partial charge in [0.25, 0.3) is 0 Å². The van der Waals surface area contributed by atoms with Crippen molar-refractivity contribution < 1.29 is 0 Å². The molecule has 1 fully saturated rings. The van der Waals surface area contributed by atoms with Gasteiger partial charge in [0.15, 0.2) is 0 Å². The molecule has 18 heavy (non-hydrogen) atoms.